The fraction of sp³-hybridized carbons (Fsp3) is 0.379. The zero-order valence-electron chi connectivity index (χ0n) is 19.9. The fourth-order valence-electron chi connectivity index (χ4n) is 5.00. The average molecular weight is 479 g/mol. The van der Waals surface area contributed by atoms with E-state index in [1.165, 1.54) is 0 Å². The first-order valence-electron chi connectivity index (χ1n) is 12.1. The molecule has 1 aliphatic heterocycles. The Kier molecular flexibility index (Phi) is 8.02. The SMILES string of the molecule is CCOC1O[C@H]([C@@](O)(Cc2ccccc2)C(O)Cc2ccccc2)[C@@](O)(Cc2ccccc2)[C@H]1O. The molecule has 0 saturated carbocycles. The van der Waals surface area contributed by atoms with Gasteiger partial charge in [-0.3, -0.25) is 0 Å². The molecule has 6 nitrogen and oxygen atoms in total. The number of benzene rings is 3. The van der Waals surface area contributed by atoms with Gasteiger partial charge in [0.05, 0.1) is 6.10 Å². The van der Waals surface area contributed by atoms with E-state index in [1.54, 1.807) is 6.92 Å². The number of ether oxygens (including phenoxy) is 2. The van der Waals surface area contributed by atoms with Crippen LogP contribution >= 0.6 is 0 Å². The normalized spacial score (nSPS) is 26.8. The largest absolute Gasteiger partial charge is 0.390 e. The Hall–Kier alpha value is -2.58. The van der Waals surface area contributed by atoms with Gasteiger partial charge < -0.3 is 29.9 Å². The van der Waals surface area contributed by atoms with Gasteiger partial charge in [-0.2, -0.15) is 0 Å². The van der Waals surface area contributed by atoms with Crippen LogP contribution in [0.1, 0.15) is 23.6 Å². The van der Waals surface area contributed by atoms with E-state index >= 15 is 0 Å². The Balaban J connectivity index is 1.75. The van der Waals surface area contributed by atoms with Gasteiger partial charge in [0.1, 0.15) is 23.4 Å². The minimum absolute atomic E-state index is 0.00910. The number of hydrogen-bond donors (Lipinski definition) is 4. The number of hydrogen-bond acceptors (Lipinski definition) is 6. The van der Waals surface area contributed by atoms with Crippen LogP contribution in [-0.4, -0.2) is 62.8 Å². The molecule has 3 aromatic carbocycles. The molecule has 0 bridgehead atoms. The van der Waals surface area contributed by atoms with Gasteiger partial charge in [-0.25, -0.2) is 0 Å². The molecule has 0 amide bonds. The topological polar surface area (TPSA) is 99.4 Å². The number of rotatable bonds is 10. The van der Waals surface area contributed by atoms with Crippen molar-refractivity contribution in [3.63, 3.8) is 0 Å². The highest BCUT2D eigenvalue weighted by Crippen LogP contribution is 2.43. The summed E-state index contributed by atoms with van der Waals surface area (Å²) in [5.74, 6) is 0. The van der Waals surface area contributed by atoms with Crippen LogP contribution < -0.4 is 0 Å². The fourth-order valence-corrected chi connectivity index (χ4v) is 5.00. The summed E-state index contributed by atoms with van der Waals surface area (Å²) in [5.41, 5.74) is -1.49. The lowest BCUT2D eigenvalue weighted by atomic mass is 9.72. The smallest absolute Gasteiger partial charge is 0.186 e. The second-order valence-corrected chi connectivity index (χ2v) is 9.30. The first kappa shape index (κ1) is 25.5. The van der Waals surface area contributed by atoms with Crippen molar-refractivity contribution in [1.82, 2.24) is 0 Å². The van der Waals surface area contributed by atoms with E-state index in [2.05, 4.69) is 0 Å². The molecule has 2 unspecified atom stereocenters. The quantitative estimate of drug-likeness (QED) is 0.358. The molecule has 1 saturated heterocycles. The molecule has 0 radical (unpaired) electrons. The maximum Gasteiger partial charge on any atom is 0.186 e. The third kappa shape index (κ3) is 5.48. The van der Waals surface area contributed by atoms with Crippen molar-refractivity contribution in [1.29, 1.82) is 0 Å². The Labute approximate surface area is 206 Å². The molecule has 0 aromatic heterocycles. The van der Waals surface area contributed by atoms with Crippen LogP contribution in [0.25, 0.3) is 0 Å². The summed E-state index contributed by atoms with van der Waals surface area (Å²) < 4.78 is 11.7. The molecule has 186 valence electrons. The lowest BCUT2D eigenvalue weighted by molar-refractivity contribution is -0.225. The van der Waals surface area contributed by atoms with Crippen molar-refractivity contribution in [2.75, 3.05) is 6.61 Å². The predicted molar refractivity (Wildman–Crippen MR) is 133 cm³/mol. The highest BCUT2D eigenvalue weighted by Gasteiger charge is 2.64. The van der Waals surface area contributed by atoms with Crippen LogP contribution in [0.15, 0.2) is 91.0 Å². The number of aliphatic hydroxyl groups excluding tert-OH is 2. The molecule has 1 aliphatic rings. The predicted octanol–water partition coefficient (Wildman–Crippen LogP) is 2.66. The van der Waals surface area contributed by atoms with Crippen molar-refractivity contribution in [2.24, 2.45) is 0 Å². The van der Waals surface area contributed by atoms with Gasteiger partial charge in [-0.1, -0.05) is 91.0 Å². The van der Waals surface area contributed by atoms with E-state index in [0.717, 1.165) is 16.7 Å². The van der Waals surface area contributed by atoms with Crippen LogP contribution in [0.5, 0.6) is 0 Å². The molecule has 1 fully saturated rings. The molecule has 4 N–H and O–H groups in total. The second-order valence-electron chi connectivity index (χ2n) is 9.30. The van der Waals surface area contributed by atoms with Gasteiger partial charge in [0.25, 0.3) is 0 Å². The summed E-state index contributed by atoms with van der Waals surface area (Å²) in [6, 6.07) is 27.9. The summed E-state index contributed by atoms with van der Waals surface area (Å²) in [6.07, 6.45) is -5.05. The highest BCUT2D eigenvalue weighted by atomic mass is 16.7. The Bertz CT molecular complexity index is 1050. The van der Waals surface area contributed by atoms with Crippen LogP contribution in [0.3, 0.4) is 0 Å². The van der Waals surface area contributed by atoms with Crippen LogP contribution in [-0.2, 0) is 28.7 Å². The van der Waals surface area contributed by atoms with Crippen LogP contribution in [0, 0.1) is 0 Å². The Morgan fingerprint density at radius 1 is 0.886 bits per heavy atom. The van der Waals surface area contributed by atoms with E-state index in [4.69, 9.17) is 9.47 Å². The zero-order chi connectivity index (χ0) is 24.9. The third-order valence-corrected chi connectivity index (χ3v) is 6.79. The molecule has 35 heavy (non-hydrogen) atoms. The van der Waals surface area contributed by atoms with E-state index < -0.39 is 35.8 Å². The Morgan fingerprint density at radius 3 is 1.94 bits per heavy atom. The molecule has 6 heteroatoms. The van der Waals surface area contributed by atoms with Gasteiger partial charge >= 0.3 is 0 Å². The van der Waals surface area contributed by atoms with E-state index in [1.807, 2.05) is 91.0 Å². The van der Waals surface area contributed by atoms with E-state index in [9.17, 15) is 20.4 Å². The molecule has 1 heterocycles. The summed E-state index contributed by atoms with van der Waals surface area (Å²) in [5, 5.41) is 46.8. The van der Waals surface area contributed by atoms with E-state index in [0.29, 0.717) is 0 Å². The Morgan fingerprint density at radius 2 is 1.40 bits per heavy atom. The summed E-state index contributed by atoms with van der Waals surface area (Å²) in [7, 11) is 0. The molecular formula is C29H34O6. The molecule has 0 spiro atoms. The van der Waals surface area contributed by atoms with Crippen LogP contribution in [0.4, 0.5) is 0 Å². The van der Waals surface area contributed by atoms with Gasteiger partial charge in [-0.05, 0) is 23.6 Å². The van der Waals surface area contributed by atoms with Crippen molar-refractivity contribution in [3.8, 4) is 0 Å². The van der Waals surface area contributed by atoms with Crippen LogP contribution in [0.2, 0.25) is 0 Å². The molecular weight excluding hydrogens is 444 g/mol. The van der Waals surface area contributed by atoms with Gasteiger partial charge in [0, 0.05) is 25.9 Å². The standard InChI is InChI=1S/C29H34O6/c1-2-34-26-25(31)29(33,20-23-16-10-5-11-17-23)27(35-26)28(32,19-22-14-8-4-9-15-22)24(30)18-21-12-6-3-7-13-21/h3-17,24-27,30-33H,2,18-20H2,1H3/t24?,25-,26?,27+,28+,29+/m0/s1. The maximum atomic E-state index is 12.2. The van der Waals surface area contributed by atoms with Crippen molar-refractivity contribution in [3.05, 3.63) is 108 Å². The lowest BCUT2D eigenvalue weighted by Gasteiger charge is -2.44. The van der Waals surface area contributed by atoms with Crippen molar-refractivity contribution in [2.45, 2.75) is 62.0 Å². The third-order valence-electron chi connectivity index (χ3n) is 6.79. The summed E-state index contributed by atoms with van der Waals surface area (Å²) in [6.45, 7) is 2.01. The maximum absolute atomic E-state index is 12.2. The average Bonchev–Trinajstić information content (AvgIpc) is 3.11. The molecule has 0 aliphatic carbocycles. The van der Waals surface area contributed by atoms with Crippen molar-refractivity contribution < 1.29 is 29.9 Å². The minimum Gasteiger partial charge on any atom is -0.390 e. The lowest BCUT2D eigenvalue weighted by Crippen LogP contribution is -2.65. The molecule has 3 aromatic rings. The molecule has 4 rings (SSSR count). The van der Waals surface area contributed by atoms with Crippen molar-refractivity contribution >= 4 is 0 Å². The summed E-state index contributed by atoms with van der Waals surface area (Å²) >= 11 is 0. The summed E-state index contributed by atoms with van der Waals surface area (Å²) in [4.78, 5) is 0. The zero-order valence-corrected chi connectivity index (χ0v) is 19.9. The van der Waals surface area contributed by atoms with Gasteiger partial charge in [-0.15, -0.1) is 0 Å². The van der Waals surface area contributed by atoms with E-state index in [-0.39, 0.29) is 25.9 Å². The minimum atomic E-state index is -1.94. The highest BCUT2D eigenvalue weighted by molar-refractivity contribution is 5.26. The second kappa shape index (κ2) is 11.0. The van der Waals surface area contributed by atoms with Gasteiger partial charge in [0.15, 0.2) is 6.29 Å². The first-order chi connectivity index (χ1) is 16.9. The molecule has 6 atom stereocenters. The monoisotopic (exact) mass is 478 g/mol. The van der Waals surface area contributed by atoms with Gasteiger partial charge in [0.2, 0.25) is 0 Å². The first-order valence-corrected chi connectivity index (χ1v) is 12.1. The number of aliphatic hydroxyl groups is 4.